The third-order valence-electron chi connectivity index (χ3n) is 3.85. The molecule has 2 rings (SSSR count). The molecule has 0 radical (unpaired) electrons. The molecule has 2 fully saturated rings. The summed E-state index contributed by atoms with van der Waals surface area (Å²) in [6.07, 6.45) is 4.19. The van der Waals surface area contributed by atoms with E-state index in [0.29, 0.717) is 0 Å². The van der Waals surface area contributed by atoms with Crippen molar-refractivity contribution < 1.29 is 0 Å². The molecule has 0 spiro atoms. The summed E-state index contributed by atoms with van der Waals surface area (Å²) in [7, 11) is 0. The fraction of sp³-hybridized carbons (Fsp3) is 1.00. The topological polar surface area (TPSA) is 24.1 Å². The monoisotopic (exact) mass is 182 g/mol. The molecule has 13 heavy (non-hydrogen) atoms. The van der Waals surface area contributed by atoms with Gasteiger partial charge in [0, 0.05) is 25.2 Å². The van der Waals surface area contributed by atoms with Crippen LogP contribution in [0.2, 0.25) is 0 Å². The molecule has 1 saturated carbocycles. The fourth-order valence-corrected chi connectivity index (χ4v) is 2.44. The number of hydrogen-bond donors (Lipinski definition) is 2. The Labute approximate surface area is 81.5 Å². The van der Waals surface area contributed by atoms with Gasteiger partial charge in [0.15, 0.2) is 0 Å². The molecular weight excluding hydrogens is 160 g/mol. The standard InChI is InChI=1S/C11H22N2/c1-8-3-4-10(5-9(8)2)13-11-6-12-7-11/h8-13H,3-7H2,1-2H3. The molecule has 3 unspecified atom stereocenters. The Morgan fingerprint density at radius 1 is 1.00 bits per heavy atom. The minimum atomic E-state index is 0.769. The molecule has 1 aliphatic carbocycles. The molecule has 1 aliphatic heterocycles. The van der Waals surface area contributed by atoms with Crippen molar-refractivity contribution in [2.45, 2.75) is 45.2 Å². The first kappa shape index (κ1) is 9.47. The van der Waals surface area contributed by atoms with Crippen LogP contribution in [0.25, 0.3) is 0 Å². The highest BCUT2D eigenvalue weighted by atomic mass is 15.1. The lowest BCUT2D eigenvalue weighted by molar-refractivity contribution is 0.200. The third-order valence-corrected chi connectivity index (χ3v) is 3.85. The summed E-state index contributed by atoms with van der Waals surface area (Å²) in [5.41, 5.74) is 0. The summed E-state index contributed by atoms with van der Waals surface area (Å²) >= 11 is 0. The van der Waals surface area contributed by atoms with Gasteiger partial charge in [-0.2, -0.15) is 0 Å². The van der Waals surface area contributed by atoms with Gasteiger partial charge in [0.2, 0.25) is 0 Å². The predicted molar refractivity (Wildman–Crippen MR) is 55.8 cm³/mol. The second-order valence-corrected chi connectivity index (χ2v) is 4.99. The minimum absolute atomic E-state index is 0.769. The SMILES string of the molecule is CC1CCC(NC2CNC2)CC1C. The lowest BCUT2D eigenvalue weighted by Crippen LogP contribution is -2.58. The van der Waals surface area contributed by atoms with Crippen molar-refractivity contribution in [3.8, 4) is 0 Å². The molecule has 2 aliphatic rings. The van der Waals surface area contributed by atoms with Crippen LogP contribution >= 0.6 is 0 Å². The van der Waals surface area contributed by atoms with Gasteiger partial charge in [-0.25, -0.2) is 0 Å². The zero-order chi connectivity index (χ0) is 9.26. The lowest BCUT2D eigenvalue weighted by Gasteiger charge is -2.38. The van der Waals surface area contributed by atoms with Crippen LogP contribution in [0.1, 0.15) is 33.1 Å². The van der Waals surface area contributed by atoms with E-state index in [0.717, 1.165) is 23.9 Å². The molecule has 0 bridgehead atoms. The van der Waals surface area contributed by atoms with E-state index in [2.05, 4.69) is 24.5 Å². The van der Waals surface area contributed by atoms with Crippen LogP contribution in [-0.4, -0.2) is 25.2 Å². The quantitative estimate of drug-likeness (QED) is 0.674. The van der Waals surface area contributed by atoms with E-state index in [-0.39, 0.29) is 0 Å². The van der Waals surface area contributed by atoms with Crippen LogP contribution in [0.5, 0.6) is 0 Å². The smallest absolute Gasteiger partial charge is 0.0319 e. The molecule has 0 aromatic carbocycles. The lowest BCUT2D eigenvalue weighted by atomic mass is 9.79. The molecule has 3 atom stereocenters. The molecule has 2 heteroatoms. The van der Waals surface area contributed by atoms with Crippen molar-refractivity contribution >= 4 is 0 Å². The van der Waals surface area contributed by atoms with E-state index in [4.69, 9.17) is 0 Å². The zero-order valence-corrected chi connectivity index (χ0v) is 8.84. The summed E-state index contributed by atoms with van der Waals surface area (Å²) in [5.74, 6) is 1.86. The van der Waals surface area contributed by atoms with E-state index in [1.54, 1.807) is 0 Å². The average molecular weight is 182 g/mol. The van der Waals surface area contributed by atoms with E-state index in [9.17, 15) is 0 Å². The Balaban J connectivity index is 1.74. The normalized spacial score (nSPS) is 41.5. The molecule has 0 aromatic rings. The molecule has 0 amide bonds. The van der Waals surface area contributed by atoms with E-state index >= 15 is 0 Å². The van der Waals surface area contributed by atoms with Crippen molar-refractivity contribution in [2.75, 3.05) is 13.1 Å². The highest BCUT2D eigenvalue weighted by Crippen LogP contribution is 2.29. The van der Waals surface area contributed by atoms with Crippen molar-refractivity contribution in [3.05, 3.63) is 0 Å². The Morgan fingerprint density at radius 2 is 1.77 bits per heavy atom. The first-order chi connectivity index (χ1) is 6.25. The molecule has 2 N–H and O–H groups in total. The van der Waals surface area contributed by atoms with Gasteiger partial charge >= 0.3 is 0 Å². The summed E-state index contributed by atoms with van der Waals surface area (Å²) < 4.78 is 0. The maximum Gasteiger partial charge on any atom is 0.0319 e. The van der Waals surface area contributed by atoms with Crippen molar-refractivity contribution in [3.63, 3.8) is 0 Å². The Hall–Kier alpha value is -0.0800. The van der Waals surface area contributed by atoms with Crippen molar-refractivity contribution in [1.29, 1.82) is 0 Å². The van der Waals surface area contributed by atoms with Gasteiger partial charge in [0.1, 0.15) is 0 Å². The van der Waals surface area contributed by atoms with Crippen LogP contribution in [0, 0.1) is 11.8 Å². The van der Waals surface area contributed by atoms with Crippen molar-refractivity contribution in [1.82, 2.24) is 10.6 Å². The van der Waals surface area contributed by atoms with Gasteiger partial charge < -0.3 is 10.6 Å². The van der Waals surface area contributed by atoms with Crippen molar-refractivity contribution in [2.24, 2.45) is 11.8 Å². The summed E-state index contributed by atoms with van der Waals surface area (Å²) in [5, 5.41) is 7.05. The van der Waals surface area contributed by atoms with Gasteiger partial charge in [-0.1, -0.05) is 13.8 Å². The van der Waals surface area contributed by atoms with Crippen LogP contribution in [0.3, 0.4) is 0 Å². The zero-order valence-electron chi connectivity index (χ0n) is 8.84. The molecule has 76 valence electrons. The second kappa shape index (κ2) is 3.97. The van der Waals surface area contributed by atoms with Gasteiger partial charge in [0.05, 0.1) is 0 Å². The van der Waals surface area contributed by atoms with E-state index in [1.807, 2.05) is 0 Å². The molecule has 0 aromatic heterocycles. The van der Waals surface area contributed by atoms with Gasteiger partial charge in [-0.05, 0) is 31.1 Å². The van der Waals surface area contributed by atoms with Gasteiger partial charge in [-0.15, -0.1) is 0 Å². The molecule has 2 nitrogen and oxygen atoms in total. The van der Waals surface area contributed by atoms with E-state index in [1.165, 1.54) is 32.4 Å². The summed E-state index contributed by atoms with van der Waals surface area (Å²) in [6, 6.07) is 1.57. The fourth-order valence-electron chi connectivity index (χ4n) is 2.44. The second-order valence-electron chi connectivity index (χ2n) is 4.99. The average Bonchev–Trinajstić information content (AvgIpc) is 2.04. The number of nitrogens with one attached hydrogen (secondary N) is 2. The molecule has 1 heterocycles. The summed E-state index contributed by atoms with van der Waals surface area (Å²) in [4.78, 5) is 0. The molecule has 1 saturated heterocycles. The largest absolute Gasteiger partial charge is 0.314 e. The maximum atomic E-state index is 3.74. The third kappa shape index (κ3) is 2.23. The Bertz CT molecular complexity index is 163. The first-order valence-electron chi connectivity index (χ1n) is 5.72. The molecular formula is C11H22N2. The van der Waals surface area contributed by atoms with Gasteiger partial charge in [-0.3, -0.25) is 0 Å². The maximum absolute atomic E-state index is 3.74. The number of rotatable bonds is 2. The van der Waals surface area contributed by atoms with Crippen LogP contribution in [0.4, 0.5) is 0 Å². The highest BCUT2D eigenvalue weighted by molar-refractivity contribution is 4.88. The Morgan fingerprint density at radius 3 is 2.31 bits per heavy atom. The van der Waals surface area contributed by atoms with Crippen LogP contribution in [0.15, 0.2) is 0 Å². The first-order valence-corrected chi connectivity index (χ1v) is 5.72. The van der Waals surface area contributed by atoms with Crippen LogP contribution in [-0.2, 0) is 0 Å². The predicted octanol–water partition coefficient (Wildman–Crippen LogP) is 1.37. The minimum Gasteiger partial charge on any atom is -0.314 e. The highest BCUT2D eigenvalue weighted by Gasteiger charge is 2.27. The van der Waals surface area contributed by atoms with Gasteiger partial charge in [0.25, 0.3) is 0 Å². The van der Waals surface area contributed by atoms with Crippen LogP contribution < -0.4 is 10.6 Å². The summed E-state index contributed by atoms with van der Waals surface area (Å²) in [6.45, 7) is 7.16. The Kier molecular flexibility index (Phi) is 2.89. The van der Waals surface area contributed by atoms with E-state index < -0.39 is 0 Å². The number of hydrogen-bond acceptors (Lipinski definition) is 2.